The molecule has 0 aromatic carbocycles. The molecule has 0 aliphatic heterocycles. The fourth-order valence-electron chi connectivity index (χ4n) is 0.535. The van der Waals surface area contributed by atoms with E-state index in [9.17, 15) is 0 Å². The Morgan fingerprint density at radius 2 is 2.20 bits per heavy atom. The van der Waals surface area contributed by atoms with Gasteiger partial charge in [-0.15, -0.1) is 12.6 Å². The summed E-state index contributed by atoms with van der Waals surface area (Å²) in [6.07, 6.45) is 5.96. The van der Waals surface area contributed by atoms with E-state index in [1.807, 2.05) is 32.1 Å². The lowest BCUT2D eigenvalue weighted by atomic mass is 10.3. The van der Waals surface area contributed by atoms with Crippen LogP contribution < -0.4 is 0 Å². The molecule has 0 saturated carbocycles. The van der Waals surface area contributed by atoms with Crippen molar-refractivity contribution in [3.05, 3.63) is 23.1 Å². The first-order chi connectivity index (χ1) is 4.70. The molecule has 1 unspecified atom stereocenters. The van der Waals surface area contributed by atoms with Crippen LogP contribution in [0, 0.1) is 0 Å². The molecule has 0 N–H and O–H groups in total. The van der Waals surface area contributed by atoms with Gasteiger partial charge in [0.2, 0.25) is 0 Å². The zero-order chi connectivity index (χ0) is 7.98. The lowest BCUT2D eigenvalue weighted by Crippen LogP contribution is -1.99. The van der Waals surface area contributed by atoms with Crippen molar-refractivity contribution in [2.75, 3.05) is 7.11 Å². The third-order valence-electron chi connectivity index (χ3n) is 1.11. The van der Waals surface area contributed by atoms with Crippen LogP contribution in [0.1, 0.15) is 13.8 Å². The first-order valence-corrected chi connectivity index (χ1v) is 3.71. The molecule has 0 bridgehead atoms. The highest BCUT2D eigenvalue weighted by atomic mass is 32.1. The summed E-state index contributed by atoms with van der Waals surface area (Å²) in [6.45, 7) is 3.93. The predicted octanol–water partition coefficient (Wildman–Crippen LogP) is 2.41. The van der Waals surface area contributed by atoms with Gasteiger partial charge in [0.1, 0.15) is 0 Å². The van der Waals surface area contributed by atoms with Gasteiger partial charge in [0.05, 0.1) is 6.10 Å². The Morgan fingerprint density at radius 3 is 2.60 bits per heavy atom. The maximum Gasteiger partial charge on any atom is 0.0737 e. The van der Waals surface area contributed by atoms with Crippen LogP contribution in [-0.2, 0) is 4.74 Å². The van der Waals surface area contributed by atoms with Crippen molar-refractivity contribution in [3.8, 4) is 0 Å². The summed E-state index contributed by atoms with van der Waals surface area (Å²) < 4.78 is 5.01. The van der Waals surface area contributed by atoms with Crippen LogP contribution in [-0.4, -0.2) is 13.2 Å². The Labute approximate surface area is 68.2 Å². The van der Waals surface area contributed by atoms with Crippen LogP contribution in [0.3, 0.4) is 0 Å². The van der Waals surface area contributed by atoms with Crippen LogP contribution in [0.5, 0.6) is 0 Å². The minimum atomic E-state index is 0.142. The monoisotopic (exact) mass is 158 g/mol. The van der Waals surface area contributed by atoms with Crippen LogP contribution in [0.25, 0.3) is 0 Å². The first-order valence-electron chi connectivity index (χ1n) is 3.27. The summed E-state index contributed by atoms with van der Waals surface area (Å²) in [5.74, 6) is 0. The van der Waals surface area contributed by atoms with Crippen molar-refractivity contribution in [2.24, 2.45) is 0 Å². The number of rotatable bonds is 3. The standard InChI is InChI=1S/C8H14OS/c1-4-5-8(10)6-7(2)9-3/h4-7,10H,1-3H3/b5-4-,8-6+. The van der Waals surface area contributed by atoms with Crippen molar-refractivity contribution in [1.82, 2.24) is 0 Å². The Morgan fingerprint density at radius 1 is 1.60 bits per heavy atom. The smallest absolute Gasteiger partial charge is 0.0737 e. The molecule has 0 saturated heterocycles. The fraction of sp³-hybridized carbons (Fsp3) is 0.500. The molecule has 0 aromatic heterocycles. The normalized spacial score (nSPS) is 16.2. The maximum atomic E-state index is 5.01. The maximum absolute atomic E-state index is 5.01. The van der Waals surface area contributed by atoms with Crippen LogP contribution >= 0.6 is 12.6 Å². The highest BCUT2D eigenvalue weighted by molar-refractivity contribution is 7.84. The summed E-state index contributed by atoms with van der Waals surface area (Å²) >= 11 is 4.20. The van der Waals surface area contributed by atoms with Crippen molar-refractivity contribution in [2.45, 2.75) is 20.0 Å². The van der Waals surface area contributed by atoms with Gasteiger partial charge < -0.3 is 4.74 Å². The lowest BCUT2D eigenvalue weighted by Gasteiger charge is -2.02. The molecule has 0 spiro atoms. The number of methoxy groups -OCH3 is 1. The molecule has 0 heterocycles. The van der Waals surface area contributed by atoms with Crippen LogP contribution in [0.2, 0.25) is 0 Å². The third kappa shape index (κ3) is 4.65. The highest BCUT2D eigenvalue weighted by Crippen LogP contribution is 2.04. The molecule has 0 radical (unpaired) electrons. The molecule has 0 amide bonds. The fourth-order valence-corrected chi connectivity index (χ4v) is 0.894. The highest BCUT2D eigenvalue weighted by Gasteiger charge is 1.91. The predicted molar refractivity (Wildman–Crippen MR) is 48.4 cm³/mol. The number of ether oxygens (including phenoxy) is 1. The molecule has 10 heavy (non-hydrogen) atoms. The molecule has 1 atom stereocenters. The topological polar surface area (TPSA) is 9.23 Å². The molecular formula is C8H14OS. The molecule has 0 fully saturated rings. The van der Waals surface area contributed by atoms with E-state index in [4.69, 9.17) is 4.74 Å². The second-order valence-corrected chi connectivity index (χ2v) is 2.55. The molecule has 0 aromatic rings. The molecule has 58 valence electrons. The Bertz CT molecular complexity index is 138. The van der Waals surface area contributed by atoms with Crippen molar-refractivity contribution in [1.29, 1.82) is 0 Å². The Balaban J connectivity index is 3.89. The van der Waals surface area contributed by atoms with Crippen LogP contribution in [0.15, 0.2) is 23.1 Å². The summed E-state index contributed by atoms with van der Waals surface area (Å²) in [6, 6.07) is 0. The van der Waals surface area contributed by atoms with E-state index in [0.29, 0.717) is 0 Å². The summed E-state index contributed by atoms with van der Waals surface area (Å²) in [5.41, 5.74) is 0. The van der Waals surface area contributed by atoms with Gasteiger partial charge in [-0.1, -0.05) is 12.2 Å². The van der Waals surface area contributed by atoms with Gasteiger partial charge in [-0.05, 0) is 19.9 Å². The van der Waals surface area contributed by atoms with E-state index in [2.05, 4.69) is 12.6 Å². The van der Waals surface area contributed by atoms with Gasteiger partial charge in [0.15, 0.2) is 0 Å². The van der Waals surface area contributed by atoms with E-state index in [1.165, 1.54) is 0 Å². The summed E-state index contributed by atoms with van der Waals surface area (Å²) in [5, 5.41) is 0. The van der Waals surface area contributed by atoms with Crippen molar-refractivity contribution >= 4 is 12.6 Å². The third-order valence-corrected chi connectivity index (χ3v) is 1.41. The van der Waals surface area contributed by atoms with E-state index in [1.54, 1.807) is 7.11 Å². The molecule has 2 heteroatoms. The molecular weight excluding hydrogens is 144 g/mol. The summed E-state index contributed by atoms with van der Waals surface area (Å²) in [4.78, 5) is 0.942. The van der Waals surface area contributed by atoms with E-state index >= 15 is 0 Å². The van der Waals surface area contributed by atoms with Gasteiger partial charge in [0, 0.05) is 12.0 Å². The Kier molecular flexibility index (Phi) is 5.45. The van der Waals surface area contributed by atoms with Gasteiger partial charge in [-0.2, -0.15) is 0 Å². The lowest BCUT2D eigenvalue weighted by molar-refractivity contribution is 0.156. The first kappa shape index (κ1) is 9.79. The SMILES string of the molecule is C/C=C\C(S)=C/C(C)OC. The van der Waals surface area contributed by atoms with Gasteiger partial charge in [0.25, 0.3) is 0 Å². The van der Waals surface area contributed by atoms with E-state index in [-0.39, 0.29) is 6.10 Å². The Hall–Kier alpha value is -0.210. The zero-order valence-corrected chi connectivity index (χ0v) is 7.56. The second kappa shape index (κ2) is 5.57. The summed E-state index contributed by atoms with van der Waals surface area (Å²) in [7, 11) is 1.68. The average molecular weight is 158 g/mol. The number of thiol groups is 1. The number of hydrogen-bond donors (Lipinski definition) is 1. The number of allylic oxidation sites excluding steroid dienone is 2. The quantitative estimate of drug-likeness (QED) is 0.490. The minimum Gasteiger partial charge on any atom is -0.378 e. The van der Waals surface area contributed by atoms with Gasteiger partial charge >= 0.3 is 0 Å². The van der Waals surface area contributed by atoms with Crippen LogP contribution in [0.4, 0.5) is 0 Å². The zero-order valence-electron chi connectivity index (χ0n) is 6.66. The van der Waals surface area contributed by atoms with E-state index < -0.39 is 0 Å². The van der Waals surface area contributed by atoms with Crippen molar-refractivity contribution < 1.29 is 4.74 Å². The van der Waals surface area contributed by atoms with Gasteiger partial charge in [-0.25, -0.2) is 0 Å². The molecule has 0 rings (SSSR count). The number of hydrogen-bond acceptors (Lipinski definition) is 2. The average Bonchev–Trinajstić information content (AvgIpc) is 1.88. The molecule has 0 aliphatic rings. The molecule has 0 aliphatic carbocycles. The van der Waals surface area contributed by atoms with Gasteiger partial charge in [-0.3, -0.25) is 0 Å². The van der Waals surface area contributed by atoms with E-state index in [0.717, 1.165) is 4.91 Å². The minimum absolute atomic E-state index is 0.142. The second-order valence-electron chi connectivity index (χ2n) is 2.03. The van der Waals surface area contributed by atoms with Crippen molar-refractivity contribution in [3.63, 3.8) is 0 Å². The molecule has 1 nitrogen and oxygen atoms in total. The largest absolute Gasteiger partial charge is 0.378 e.